The molecule has 1 aliphatic carbocycles. The van der Waals surface area contributed by atoms with Crippen molar-refractivity contribution in [1.82, 2.24) is 10.6 Å². The number of amides is 1. The summed E-state index contributed by atoms with van der Waals surface area (Å²) in [6.45, 7) is 0. The van der Waals surface area contributed by atoms with E-state index in [0.717, 1.165) is 32.1 Å². The predicted octanol–water partition coefficient (Wildman–Crippen LogP) is 0.600. The van der Waals surface area contributed by atoms with Gasteiger partial charge < -0.3 is 10.6 Å². The van der Waals surface area contributed by atoms with Crippen molar-refractivity contribution >= 4 is 15.7 Å². The highest BCUT2D eigenvalue weighted by atomic mass is 32.2. The first kappa shape index (κ1) is 14.8. The highest BCUT2D eigenvalue weighted by Gasteiger charge is 2.36. The van der Waals surface area contributed by atoms with E-state index >= 15 is 0 Å². The van der Waals surface area contributed by atoms with Crippen molar-refractivity contribution in [3.63, 3.8) is 0 Å². The van der Waals surface area contributed by atoms with E-state index in [1.165, 1.54) is 0 Å². The molecule has 0 radical (unpaired) electrons. The summed E-state index contributed by atoms with van der Waals surface area (Å²) in [4.78, 5) is 12.1. The van der Waals surface area contributed by atoms with Crippen molar-refractivity contribution in [1.29, 1.82) is 0 Å². The first-order chi connectivity index (χ1) is 9.03. The van der Waals surface area contributed by atoms with Gasteiger partial charge in [-0.3, -0.25) is 4.79 Å². The molecule has 1 aliphatic heterocycles. The Morgan fingerprint density at radius 2 is 1.63 bits per heavy atom. The Hall–Kier alpha value is -0.620. The van der Waals surface area contributed by atoms with Gasteiger partial charge >= 0.3 is 0 Å². The molecule has 6 heteroatoms. The van der Waals surface area contributed by atoms with Crippen LogP contribution in [0.2, 0.25) is 0 Å². The molecule has 0 aromatic heterocycles. The highest BCUT2D eigenvalue weighted by molar-refractivity contribution is 7.92. The van der Waals surface area contributed by atoms with Crippen LogP contribution in [-0.2, 0) is 14.6 Å². The zero-order valence-corrected chi connectivity index (χ0v) is 12.3. The van der Waals surface area contributed by atoms with Crippen LogP contribution in [0, 0.1) is 0 Å². The number of hydrogen-bond donors (Lipinski definition) is 2. The second-order valence-corrected chi connectivity index (χ2v) is 8.00. The number of hydrogen-bond acceptors (Lipinski definition) is 4. The SMILES string of the molecule is CNC1CCC(NC(=O)C2CCCCS2(=O)=O)CC1. The van der Waals surface area contributed by atoms with Crippen LogP contribution in [0.5, 0.6) is 0 Å². The Morgan fingerprint density at radius 3 is 2.21 bits per heavy atom. The summed E-state index contributed by atoms with van der Waals surface area (Å²) in [7, 11) is -1.26. The van der Waals surface area contributed by atoms with Gasteiger partial charge in [0.25, 0.3) is 0 Å². The standard InChI is InChI=1S/C13H24N2O3S/c1-14-10-5-7-11(8-6-10)15-13(16)12-4-2-3-9-19(12,17)18/h10-12,14H,2-9H2,1H3,(H,15,16). The lowest BCUT2D eigenvalue weighted by atomic mass is 9.91. The van der Waals surface area contributed by atoms with Gasteiger partial charge in [-0.2, -0.15) is 0 Å². The van der Waals surface area contributed by atoms with Crippen LogP contribution in [0.1, 0.15) is 44.9 Å². The number of nitrogens with one attached hydrogen (secondary N) is 2. The summed E-state index contributed by atoms with van der Waals surface area (Å²) in [5, 5.41) is 5.39. The maximum atomic E-state index is 12.1. The Balaban J connectivity index is 1.87. The fourth-order valence-electron chi connectivity index (χ4n) is 3.07. The molecule has 2 N–H and O–H groups in total. The van der Waals surface area contributed by atoms with E-state index < -0.39 is 15.1 Å². The highest BCUT2D eigenvalue weighted by Crippen LogP contribution is 2.22. The molecule has 2 fully saturated rings. The summed E-state index contributed by atoms with van der Waals surface area (Å²) in [6, 6.07) is 0.681. The van der Waals surface area contributed by atoms with Crippen LogP contribution in [0.25, 0.3) is 0 Å². The van der Waals surface area contributed by atoms with Crippen molar-refractivity contribution in [3.8, 4) is 0 Å². The third kappa shape index (κ3) is 3.69. The molecule has 2 rings (SSSR count). The van der Waals surface area contributed by atoms with Crippen molar-refractivity contribution in [2.75, 3.05) is 12.8 Å². The minimum Gasteiger partial charge on any atom is -0.352 e. The fraction of sp³-hybridized carbons (Fsp3) is 0.923. The van der Waals surface area contributed by atoms with Crippen molar-refractivity contribution in [3.05, 3.63) is 0 Å². The summed E-state index contributed by atoms with van der Waals surface area (Å²) in [6.07, 6.45) is 5.97. The Labute approximate surface area is 115 Å². The third-order valence-corrected chi connectivity index (χ3v) is 6.53. The van der Waals surface area contributed by atoms with Gasteiger partial charge in [-0.05, 0) is 45.6 Å². The molecule has 5 nitrogen and oxygen atoms in total. The molecule has 1 amide bonds. The summed E-state index contributed by atoms with van der Waals surface area (Å²) in [5.74, 6) is -0.106. The van der Waals surface area contributed by atoms with E-state index in [1.54, 1.807) is 0 Å². The lowest BCUT2D eigenvalue weighted by Crippen LogP contribution is -2.48. The molecular weight excluding hydrogens is 264 g/mol. The van der Waals surface area contributed by atoms with Crippen LogP contribution in [0.4, 0.5) is 0 Å². The lowest BCUT2D eigenvalue weighted by Gasteiger charge is -2.30. The monoisotopic (exact) mass is 288 g/mol. The average molecular weight is 288 g/mol. The Morgan fingerprint density at radius 1 is 1.00 bits per heavy atom. The fourth-order valence-corrected chi connectivity index (χ4v) is 4.88. The van der Waals surface area contributed by atoms with Gasteiger partial charge in [-0.25, -0.2) is 8.42 Å². The van der Waals surface area contributed by atoms with Crippen molar-refractivity contribution < 1.29 is 13.2 Å². The summed E-state index contributed by atoms with van der Waals surface area (Å²) < 4.78 is 23.8. The zero-order valence-electron chi connectivity index (χ0n) is 11.5. The molecule has 19 heavy (non-hydrogen) atoms. The maximum absolute atomic E-state index is 12.1. The van der Waals surface area contributed by atoms with Crippen LogP contribution in [0.3, 0.4) is 0 Å². The molecule has 1 saturated carbocycles. The van der Waals surface area contributed by atoms with Crippen LogP contribution >= 0.6 is 0 Å². The largest absolute Gasteiger partial charge is 0.352 e. The van der Waals surface area contributed by atoms with E-state index in [-0.39, 0.29) is 17.7 Å². The summed E-state index contributed by atoms with van der Waals surface area (Å²) >= 11 is 0. The van der Waals surface area contributed by atoms with E-state index in [4.69, 9.17) is 0 Å². The second-order valence-electron chi connectivity index (χ2n) is 5.70. The molecule has 1 saturated heterocycles. The van der Waals surface area contributed by atoms with E-state index in [0.29, 0.717) is 18.9 Å². The van der Waals surface area contributed by atoms with Crippen LogP contribution in [-0.4, -0.2) is 44.5 Å². The van der Waals surface area contributed by atoms with E-state index in [1.807, 2.05) is 7.05 Å². The van der Waals surface area contributed by atoms with E-state index in [2.05, 4.69) is 10.6 Å². The minimum absolute atomic E-state index is 0.147. The van der Waals surface area contributed by atoms with Crippen molar-refractivity contribution in [2.24, 2.45) is 0 Å². The first-order valence-electron chi connectivity index (χ1n) is 7.22. The van der Waals surface area contributed by atoms with Gasteiger partial charge in [-0.15, -0.1) is 0 Å². The van der Waals surface area contributed by atoms with Gasteiger partial charge in [0.05, 0.1) is 5.75 Å². The van der Waals surface area contributed by atoms with Gasteiger partial charge in [0.1, 0.15) is 5.25 Å². The molecule has 2 aliphatic rings. The normalized spacial score (nSPS) is 34.7. The molecule has 0 bridgehead atoms. The van der Waals surface area contributed by atoms with E-state index in [9.17, 15) is 13.2 Å². The van der Waals surface area contributed by atoms with Crippen LogP contribution < -0.4 is 10.6 Å². The minimum atomic E-state index is -3.21. The van der Waals surface area contributed by atoms with Gasteiger partial charge in [-0.1, -0.05) is 6.42 Å². The quantitative estimate of drug-likeness (QED) is 0.797. The van der Waals surface area contributed by atoms with Gasteiger partial charge in [0.2, 0.25) is 5.91 Å². The lowest BCUT2D eigenvalue weighted by molar-refractivity contribution is -0.121. The maximum Gasteiger partial charge on any atom is 0.238 e. The molecule has 110 valence electrons. The number of sulfone groups is 1. The predicted molar refractivity (Wildman–Crippen MR) is 74.7 cm³/mol. The molecule has 1 heterocycles. The summed E-state index contributed by atoms with van der Waals surface area (Å²) in [5.41, 5.74) is 0. The Kier molecular flexibility index (Phi) is 4.84. The topological polar surface area (TPSA) is 75.3 Å². The zero-order chi connectivity index (χ0) is 13.9. The number of carbonyl (C=O) groups excluding carboxylic acids is 1. The molecule has 1 unspecified atom stereocenters. The van der Waals surface area contributed by atoms with Crippen LogP contribution in [0.15, 0.2) is 0 Å². The molecule has 0 spiro atoms. The van der Waals surface area contributed by atoms with Crippen molar-refractivity contribution in [2.45, 2.75) is 62.3 Å². The second kappa shape index (κ2) is 6.22. The third-order valence-electron chi connectivity index (χ3n) is 4.35. The first-order valence-corrected chi connectivity index (χ1v) is 8.93. The molecule has 1 atom stereocenters. The van der Waals surface area contributed by atoms with Gasteiger partial charge in [0.15, 0.2) is 9.84 Å². The average Bonchev–Trinajstić information content (AvgIpc) is 2.39. The smallest absolute Gasteiger partial charge is 0.238 e. The Bertz CT molecular complexity index is 414. The molecule has 0 aromatic carbocycles. The number of carbonyl (C=O) groups is 1. The molecular formula is C13H24N2O3S. The van der Waals surface area contributed by atoms with Gasteiger partial charge in [0, 0.05) is 12.1 Å². The molecule has 0 aromatic rings. The number of rotatable bonds is 3.